The Labute approximate surface area is 197 Å². The number of aromatic nitrogens is 2. The molecule has 11 heteroatoms. The van der Waals surface area contributed by atoms with Gasteiger partial charge in [-0.2, -0.15) is 18.4 Å². The SMILES string of the molecule is Cn1c(=O)n(C)c2cc(N3CC(C#N)C(=O)N(C4CCc5c4cccc5C(F)(F)F)C3=O)ccc21. The molecule has 0 spiro atoms. The molecule has 1 aliphatic heterocycles. The van der Waals surface area contributed by atoms with Gasteiger partial charge in [-0.05, 0) is 48.2 Å². The smallest absolute Gasteiger partial charge is 0.295 e. The lowest BCUT2D eigenvalue weighted by Gasteiger charge is -2.39. The van der Waals surface area contributed by atoms with Crippen molar-refractivity contribution in [2.24, 2.45) is 20.0 Å². The lowest BCUT2D eigenvalue weighted by Crippen LogP contribution is -2.57. The number of alkyl halides is 3. The number of anilines is 1. The minimum atomic E-state index is -4.56. The summed E-state index contributed by atoms with van der Waals surface area (Å²) in [6.07, 6.45) is -4.36. The van der Waals surface area contributed by atoms with E-state index >= 15 is 0 Å². The van der Waals surface area contributed by atoms with E-state index in [0.29, 0.717) is 16.7 Å². The predicted molar refractivity (Wildman–Crippen MR) is 119 cm³/mol. The highest BCUT2D eigenvalue weighted by Crippen LogP contribution is 2.44. The van der Waals surface area contributed by atoms with Crippen molar-refractivity contribution in [2.75, 3.05) is 11.4 Å². The molecule has 5 rings (SSSR count). The Morgan fingerprint density at radius 1 is 1.03 bits per heavy atom. The molecule has 2 aliphatic rings. The van der Waals surface area contributed by atoms with Gasteiger partial charge in [-0.25, -0.2) is 9.59 Å². The summed E-state index contributed by atoms with van der Waals surface area (Å²) < 4.78 is 43.5. The van der Waals surface area contributed by atoms with Crippen molar-refractivity contribution in [2.45, 2.75) is 25.1 Å². The van der Waals surface area contributed by atoms with Crippen LogP contribution in [0.1, 0.15) is 29.2 Å². The predicted octanol–water partition coefficient (Wildman–Crippen LogP) is 3.49. The van der Waals surface area contributed by atoms with E-state index in [9.17, 15) is 32.8 Å². The number of amides is 3. The number of carbonyl (C=O) groups excluding carboxylic acids is 2. The van der Waals surface area contributed by atoms with Crippen molar-refractivity contribution in [3.05, 3.63) is 63.6 Å². The minimum Gasteiger partial charge on any atom is -0.295 e. The van der Waals surface area contributed by atoms with Gasteiger partial charge in [0, 0.05) is 19.8 Å². The molecule has 0 bridgehead atoms. The standard InChI is InChI=1S/C24H20F3N5O3/c1-29-19-8-6-14(10-20(19)30(2)22(29)34)31-12-13(11-28)21(33)32(23(31)35)18-9-7-15-16(18)4-3-5-17(15)24(25,26)27/h3-6,8,10,13,18H,7,9,12H2,1-2H3. The first-order valence-corrected chi connectivity index (χ1v) is 10.9. The van der Waals surface area contributed by atoms with Crippen LogP contribution in [0, 0.1) is 17.2 Å². The Morgan fingerprint density at radius 3 is 2.43 bits per heavy atom. The summed E-state index contributed by atoms with van der Waals surface area (Å²) in [5, 5.41) is 9.64. The van der Waals surface area contributed by atoms with E-state index in [1.54, 1.807) is 32.3 Å². The molecule has 3 aromatic rings. The van der Waals surface area contributed by atoms with Gasteiger partial charge in [-0.1, -0.05) is 12.1 Å². The zero-order chi connectivity index (χ0) is 25.2. The third-order valence-corrected chi connectivity index (χ3v) is 6.92. The zero-order valence-electron chi connectivity index (χ0n) is 18.8. The molecule has 3 amide bonds. The molecule has 1 saturated heterocycles. The number of fused-ring (bicyclic) bond motifs is 2. The summed E-state index contributed by atoms with van der Waals surface area (Å²) in [6, 6.07) is 8.97. The average molecular weight is 483 g/mol. The number of halogens is 3. The largest absolute Gasteiger partial charge is 0.416 e. The number of imidazole rings is 1. The number of hydrogen-bond acceptors (Lipinski definition) is 4. The first-order chi connectivity index (χ1) is 16.5. The van der Waals surface area contributed by atoms with Crippen LogP contribution in [0.3, 0.4) is 0 Å². The number of benzene rings is 2. The fraction of sp³-hybridized carbons (Fsp3) is 0.333. The first-order valence-electron chi connectivity index (χ1n) is 10.9. The van der Waals surface area contributed by atoms with Crippen LogP contribution in [-0.2, 0) is 31.5 Å². The number of carbonyl (C=O) groups is 2. The fourth-order valence-corrected chi connectivity index (χ4v) is 5.16. The second-order valence-electron chi connectivity index (χ2n) is 8.78. The van der Waals surface area contributed by atoms with Gasteiger partial charge in [0.15, 0.2) is 0 Å². The van der Waals surface area contributed by atoms with Gasteiger partial charge in [0.1, 0.15) is 5.92 Å². The highest BCUT2D eigenvalue weighted by Gasteiger charge is 2.47. The average Bonchev–Trinajstić information content (AvgIpc) is 3.34. The van der Waals surface area contributed by atoms with Gasteiger partial charge in [0.05, 0.1) is 35.3 Å². The summed E-state index contributed by atoms with van der Waals surface area (Å²) in [5.41, 5.74) is 0.873. The van der Waals surface area contributed by atoms with Crippen LogP contribution in [-0.4, -0.2) is 32.5 Å². The molecule has 180 valence electrons. The Balaban J connectivity index is 1.58. The van der Waals surface area contributed by atoms with E-state index in [4.69, 9.17) is 0 Å². The molecular weight excluding hydrogens is 463 g/mol. The van der Waals surface area contributed by atoms with Crippen LogP contribution >= 0.6 is 0 Å². The lowest BCUT2D eigenvalue weighted by atomic mass is 9.99. The number of rotatable bonds is 2. The van der Waals surface area contributed by atoms with Crippen LogP contribution in [0.15, 0.2) is 41.2 Å². The van der Waals surface area contributed by atoms with E-state index in [1.165, 1.54) is 26.2 Å². The first kappa shape index (κ1) is 22.7. The van der Waals surface area contributed by atoms with Crippen molar-refractivity contribution < 1.29 is 22.8 Å². The van der Waals surface area contributed by atoms with Crippen molar-refractivity contribution in [1.29, 1.82) is 5.26 Å². The van der Waals surface area contributed by atoms with Crippen LogP contribution in [0.5, 0.6) is 0 Å². The quantitative estimate of drug-likeness (QED) is 0.558. The molecule has 1 fully saturated rings. The molecule has 1 aromatic heterocycles. The molecule has 0 N–H and O–H groups in total. The molecule has 2 aromatic carbocycles. The number of imide groups is 1. The van der Waals surface area contributed by atoms with Crippen molar-refractivity contribution in [3.8, 4) is 6.07 Å². The summed E-state index contributed by atoms with van der Waals surface area (Å²) >= 11 is 0. The monoisotopic (exact) mass is 483 g/mol. The third-order valence-electron chi connectivity index (χ3n) is 6.92. The third kappa shape index (κ3) is 3.31. The minimum absolute atomic E-state index is 0.0576. The van der Waals surface area contributed by atoms with E-state index in [-0.39, 0.29) is 36.2 Å². The number of nitrogens with zero attached hydrogens (tertiary/aromatic N) is 5. The molecule has 1 aliphatic carbocycles. The summed E-state index contributed by atoms with van der Waals surface area (Å²) in [4.78, 5) is 41.2. The highest BCUT2D eigenvalue weighted by molar-refractivity contribution is 6.08. The van der Waals surface area contributed by atoms with Crippen LogP contribution in [0.2, 0.25) is 0 Å². The Kier molecular flexibility index (Phi) is 5.01. The number of urea groups is 1. The number of hydrogen-bond donors (Lipinski definition) is 0. The van der Waals surface area contributed by atoms with Gasteiger partial charge in [0.25, 0.3) is 0 Å². The maximum atomic E-state index is 13.6. The van der Waals surface area contributed by atoms with Gasteiger partial charge < -0.3 is 0 Å². The molecule has 0 saturated carbocycles. The molecule has 8 nitrogen and oxygen atoms in total. The van der Waals surface area contributed by atoms with Gasteiger partial charge in [0.2, 0.25) is 5.91 Å². The van der Waals surface area contributed by atoms with Crippen LogP contribution in [0.4, 0.5) is 23.7 Å². The summed E-state index contributed by atoms with van der Waals surface area (Å²) in [6.45, 7) is -0.195. The van der Waals surface area contributed by atoms with Crippen molar-refractivity contribution in [3.63, 3.8) is 0 Å². The van der Waals surface area contributed by atoms with Gasteiger partial charge in [-0.3, -0.25) is 23.7 Å². The molecule has 2 atom stereocenters. The van der Waals surface area contributed by atoms with E-state index in [1.807, 2.05) is 6.07 Å². The molecule has 0 radical (unpaired) electrons. The number of nitriles is 1. The molecule has 35 heavy (non-hydrogen) atoms. The Morgan fingerprint density at radius 2 is 1.74 bits per heavy atom. The number of aryl methyl sites for hydroxylation is 2. The summed E-state index contributed by atoms with van der Waals surface area (Å²) in [7, 11) is 3.21. The van der Waals surface area contributed by atoms with E-state index in [2.05, 4.69) is 0 Å². The maximum absolute atomic E-state index is 13.6. The molecular formula is C24H20F3N5O3. The van der Waals surface area contributed by atoms with Crippen LogP contribution in [0.25, 0.3) is 11.0 Å². The second kappa shape index (κ2) is 7.73. The summed E-state index contributed by atoms with van der Waals surface area (Å²) in [5.74, 6) is -1.91. The fourth-order valence-electron chi connectivity index (χ4n) is 5.16. The van der Waals surface area contributed by atoms with Crippen molar-refractivity contribution in [1.82, 2.24) is 14.0 Å². The molecule has 2 heterocycles. The normalized spacial score (nSPS) is 20.5. The lowest BCUT2D eigenvalue weighted by molar-refractivity contribution is -0.138. The maximum Gasteiger partial charge on any atom is 0.416 e. The van der Waals surface area contributed by atoms with E-state index in [0.717, 1.165) is 11.0 Å². The topological polar surface area (TPSA) is 91.3 Å². The Hall–Kier alpha value is -4.07. The Bertz CT molecular complexity index is 1500. The zero-order valence-corrected chi connectivity index (χ0v) is 18.8. The highest BCUT2D eigenvalue weighted by atomic mass is 19.4. The van der Waals surface area contributed by atoms with Gasteiger partial charge in [-0.15, -0.1) is 0 Å². The van der Waals surface area contributed by atoms with Crippen molar-refractivity contribution >= 4 is 28.7 Å². The second-order valence-corrected chi connectivity index (χ2v) is 8.78. The van der Waals surface area contributed by atoms with E-state index < -0.39 is 35.6 Å². The van der Waals surface area contributed by atoms with Gasteiger partial charge >= 0.3 is 17.9 Å². The van der Waals surface area contributed by atoms with Crippen LogP contribution < -0.4 is 10.6 Å². The molecule has 2 unspecified atom stereocenters.